The van der Waals surface area contributed by atoms with Crippen molar-refractivity contribution in [2.45, 2.75) is 37.7 Å². The molecule has 1 saturated carbocycles. The molecule has 1 fully saturated rings. The van der Waals surface area contributed by atoms with Crippen LogP contribution in [0.3, 0.4) is 0 Å². The Morgan fingerprint density at radius 3 is 2.27 bits per heavy atom. The van der Waals surface area contributed by atoms with Gasteiger partial charge in [-0.25, -0.2) is 0 Å². The first-order valence-electron chi connectivity index (χ1n) is 3.89. The first-order valence-corrected chi connectivity index (χ1v) is 3.89. The standard InChI is InChI=1S/C7H14N2O2/c8-6(9-11)7(10)4-2-1-3-5-7/h10-11H,1-5H2,(H2,8,9). The number of nitrogens with zero attached hydrogens (tertiary/aromatic N) is 1. The molecule has 0 spiro atoms. The van der Waals surface area contributed by atoms with Crippen molar-refractivity contribution in [3.8, 4) is 0 Å². The number of aliphatic hydroxyl groups is 1. The highest BCUT2D eigenvalue weighted by atomic mass is 16.4. The predicted molar refractivity (Wildman–Crippen MR) is 41.4 cm³/mol. The van der Waals surface area contributed by atoms with Crippen LogP contribution < -0.4 is 5.73 Å². The molecule has 11 heavy (non-hydrogen) atoms. The van der Waals surface area contributed by atoms with Gasteiger partial charge >= 0.3 is 0 Å². The van der Waals surface area contributed by atoms with Gasteiger partial charge in [0.15, 0.2) is 5.84 Å². The summed E-state index contributed by atoms with van der Waals surface area (Å²) in [5.41, 5.74) is 4.30. The highest BCUT2D eigenvalue weighted by Gasteiger charge is 2.33. The second-order valence-corrected chi connectivity index (χ2v) is 3.08. The van der Waals surface area contributed by atoms with E-state index in [1.54, 1.807) is 0 Å². The van der Waals surface area contributed by atoms with Crippen LogP contribution in [-0.2, 0) is 0 Å². The van der Waals surface area contributed by atoms with Crippen molar-refractivity contribution in [3.63, 3.8) is 0 Å². The molecule has 64 valence electrons. The molecule has 0 saturated heterocycles. The van der Waals surface area contributed by atoms with E-state index in [2.05, 4.69) is 5.16 Å². The smallest absolute Gasteiger partial charge is 0.171 e. The third kappa shape index (κ3) is 1.63. The van der Waals surface area contributed by atoms with E-state index in [0.717, 1.165) is 19.3 Å². The number of amidine groups is 1. The predicted octanol–water partition coefficient (Wildman–Crippen LogP) is 0.428. The Hall–Kier alpha value is -0.770. The Balaban J connectivity index is 2.64. The fourth-order valence-electron chi connectivity index (χ4n) is 1.49. The van der Waals surface area contributed by atoms with Crippen LogP contribution in [-0.4, -0.2) is 21.8 Å². The molecule has 1 aliphatic carbocycles. The average Bonchev–Trinajstić information content (AvgIpc) is 2.04. The Morgan fingerprint density at radius 2 is 1.82 bits per heavy atom. The number of hydrogen-bond donors (Lipinski definition) is 3. The second-order valence-electron chi connectivity index (χ2n) is 3.08. The SMILES string of the molecule is N/C(=N\O)C1(O)CCCCC1. The van der Waals surface area contributed by atoms with Crippen molar-refractivity contribution in [2.75, 3.05) is 0 Å². The summed E-state index contributed by atoms with van der Waals surface area (Å²) >= 11 is 0. The van der Waals surface area contributed by atoms with Gasteiger partial charge in [-0.1, -0.05) is 24.4 Å². The number of hydrogen-bond acceptors (Lipinski definition) is 3. The van der Waals surface area contributed by atoms with Gasteiger partial charge < -0.3 is 16.0 Å². The lowest BCUT2D eigenvalue weighted by molar-refractivity contribution is 0.0660. The maximum Gasteiger partial charge on any atom is 0.171 e. The summed E-state index contributed by atoms with van der Waals surface area (Å²) in [5, 5.41) is 20.9. The van der Waals surface area contributed by atoms with E-state index >= 15 is 0 Å². The topological polar surface area (TPSA) is 78.8 Å². The molecule has 4 heteroatoms. The van der Waals surface area contributed by atoms with Crippen LogP contribution in [0.5, 0.6) is 0 Å². The zero-order valence-electron chi connectivity index (χ0n) is 6.45. The normalized spacial score (nSPS) is 25.0. The Kier molecular flexibility index (Phi) is 2.34. The van der Waals surface area contributed by atoms with E-state index in [0.29, 0.717) is 12.8 Å². The summed E-state index contributed by atoms with van der Waals surface area (Å²) in [6.07, 6.45) is 4.26. The first kappa shape index (κ1) is 8.33. The zero-order valence-corrected chi connectivity index (χ0v) is 6.45. The summed E-state index contributed by atoms with van der Waals surface area (Å²) in [6.45, 7) is 0. The molecule has 0 aromatic rings. The lowest BCUT2D eigenvalue weighted by Crippen LogP contribution is -2.45. The van der Waals surface area contributed by atoms with Crippen molar-refractivity contribution < 1.29 is 10.3 Å². The highest BCUT2D eigenvalue weighted by molar-refractivity contribution is 5.88. The molecule has 0 heterocycles. The van der Waals surface area contributed by atoms with Gasteiger partial charge in [-0.3, -0.25) is 0 Å². The molecule has 0 bridgehead atoms. The highest BCUT2D eigenvalue weighted by Crippen LogP contribution is 2.27. The molecule has 4 N–H and O–H groups in total. The molecule has 1 aliphatic rings. The van der Waals surface area contributed by atoms with Crippen molar-refractivity contribution >= 4 is 5.84 Å². The van der Waals surface area contributed by atoms with Crippen LogP contribution in [0.2, 0.25) is 0 Å². The number of nitrogens with two attached hydrogens (primary N) is 1. The Labute approximate surface area is 65.7 Å². The van der Waals surface area contributed by atoms with Crippen molar-refractivity contribution in [3.05, 3.63) is 0 Å². The number of rotatable bonds is 1. The monoisotopic (exact) mass is 158 g/mol. The van der Waals surface area contributed by atoms with E-state index in [4.69, 9.17) is 10.9 Å². The summed E-state index contributed by atoms with van der Waals surface area (Å²) < 4.78 is 0. The van der Waals surface area contributed by atoms with Gasteiger partial charge in [0.1, 0.15) is 5.60 Å². The van der Waals surface area contributed by atoms with Crippen LogP contribution in [0.15, 0.2) is 5.16 Å². The lowest BCUT2D eigenvalue weighted by Gasteiger charge is -2.30. The average molecular weight is 158 g/mol. The Bertz CT molecular complexity index is 162. The lowest BCUT2D eigenvalue weighted by atomic mass is 9.84. The molecule has 0 aromatic heterocycles. The molecule has 0 aromatic carbocycles. The van der Waals surface area contributed by atoms with Crippen LogP contribution in [0.4, 0.5) is 0 Å². The molecule has 0 amide bonds. The van der Waals surface area contributed by atoms with Crippen LogP contribution in [0, 0.1) is 0 Å². The minimum absolute atomic E-state index is 0.0443. The second kappa shape index (κ2) is 3.09. The van der Waals surface area contributed by atoms with E-state index in [1.165, 1.54) is 0 Å². The summed E-state index contributed by atoms with van der Waals surface area (Å²) in [7, 11) is 0. The van der Waals surface area contributed by atoms with Crippen LogP contribution in [0.25, 0.3) is 0 Å². The fraction of sp³-hybridized carbons (Fsp3) is 0.857. The van der Waals surface area contributed by atoms with Crippen molar-refractivity contribution in [1.82, 2.24) is 0 Å². The molecule has 0 aliphatic heterocycles. The molecule has 1 rings (SSSR count). The minimum Gasteiger partial charge on any atom is -0.409 e. The van der Waals surface area contributed by atoms with E-state index < -0.39 is 5.60 Å². The van der Waals surface area contributed by atoms with E-state index in [1.807, 2.05) is 0 Å². The van der Waals surface area contributed by atoms with Gasteiger partial charge in [-0.2, -0.15) is 0 Å². The molecule has 0 radical (unpaired) electrons. The molecular weight excluding hydrogens is 144 g/mol. The van der Waals surface area contributed by atoms with Gasteiger partial charge in [0.25, 0.3) is 0 Å². The van der Waals surface area contributed by atoms with E-state index in [-0.39, 0.29) is 5.84 Å². The van der Waals surface area contributed by atoms with Crippen LogP contribution >= 0.6 is 0 Å². The third-order valence-electron chi connectivity index (χ3n) is 2.27. The quantitative estimate of drug-likeness (QED) is 0.224. The fourth-order valence-corrected chi connectivity index (χ4v) is 1.49. The van der Waals surface area contributed by atoms with Gasteiger partial charge in [0, 0.05) is 0 Å². The largest absolute Gasteiger partial charge is 0.409 e. The van der Waals surface area contributed by atoms with Gasteiger partial charge in [0.05, 0.1) is 0 Å². The number of oxime groups is 1. The molecular formula is C7H14N2O2. The van der Waals surface area contributed by atoms with Gasteiger partial charge in [-0.15, -0.1) is 0 Å². The zero-order chi connectivity index (χ0) is 8.32. The van der Waals surface area contributed by atoms with Crippen molar-refractivity contribution in [2.24, 2.45) is 10.9 Å². The summed E-state index contributed by atoms with van der Waals surface area (Å²) in [4.78, 5) is 0. The first-order chi connectivity index (χ1) is 5.19. The minimum atomic E-state index is -1.03. The maximum absolute atomic E-state index is 9.72. The summed E-state index contributed by atoms with van der Waals surface area (Å²) in [5.74, 6) is -0.0443. The molecule has 0 atom stereocenters. The molecule has 4 nitrogen and oxygen atoms in total. The van der Waals surface area contributed by atoms with Gasteiger partial charge in [0.2, 0.25) is 0 Å². The van der Waals surface area contributed by atoms with E-state index in [9.17, 15) is 5.11 Å². The molecule has 0 unspecified atom stereocenters. The maximum atomic E-state index is 9.72. The van der Waals surface area contributed by atoms with Crippen LogP contribution in [0.1, 0.15) is 32.1 Å². The Morgan fingerprint density at radius 1 is 1.27 bits per heavy atom. The van der Waals surface area contributed by atoms with Gasteiger partial charge in [-0.05, 0) is 12.8 Å². The third-order valence-corrected chi connectivity index (χ3v) is 2.27. The summed E-state index contributed by atoms with van der Waals surface area (Å²) in [6, 6.07) is 0. The van der Waals surface area contributed by atoms with Crippen molar-refractivity contribution in [1.29, 1.82) is 0 Å².